The zero-order valence-corrected chi connectivity index (χ0v) is 12.3. The first-order chi connectivity index (χ1) is 9.19. The number of nitrogens with one attached hydrogen (secondary N) is 1. The number of ether oxygens (including phenoxy) is 1. The van der Waals surface area contributed by atoms with E-state index in [2.05, 4.69) is 24.4 Å². The maximum Gasteiger partial charge on any atom is 0.327 e. The average molecular weight is 279 g/mol. The molecule has 0 aliphatic carbocycles. The van der Waals surface area contributed by atoms with Crippen LogP contribution in [0.4, 0.5) is 0 Å². The molecule has 3 nitrogen and oxygen atoms in total. The summed E-state index contributed by atoms with van der Waals surface area (Å²) in [6.45, 7) is 2.81. The molecule has 1 N–H and O–H groups in total. The second-order valence-electron chi connectivity index (χ2n) is 4.92. The van der Waals surface area contributed by atoms with Gasteiger partial charge in [0.1, 0.15) is 5.54 Å². The van der Waals surface area contributed by atoms with Gasteiger partial charge < -0.3 is 4.74 Å². The van der Waals surface area contributed by atoms with E-state index in [0.29, 0.717) is 6.54 Å². The molecule has 0 amide bonds. The third kappa shape index (κ3) is 3.12. The van der Waals surface area contributed by atoms with Gasteiger partial charge in [-0.05, 0) is 24.2 Å². The molecule has 104 valence electrons. The minimum absolute atomic E-state index is 0.136. The Balaban J connectivity index is 2.12. The van der Waals surface area contributed by atoms with Gasteiger partial charge in [-0.1, -0.05) is 37.3 Å². The standard InChI is InChI=1S/C15H21NO2S/c1-12-15(14(17)18-2,9-6-10-19-12)16-11-13-7-4-3-5-8-13/h3-5,7-8,12,16H,6,9-11H2,1-2H3. The monoisotopic (exact) mass is 279 g/mol. The van der Waals surface area contributed by atoms with Crippen LogP contribution in [0.1, 0.15) is 25.3 Å². The van der Waals surface area contributed by atoms with Gasteiger partial charge in [0.05, 0.1) is 7.11 Å². The second-order valence-corrected chi connectivity index (χ2v) is 6.37. The number of rotatable bonds is 4. The van der Waals surface area contributed by atoms with E-state index in [1.807, 2.05) is 30.0 Å². The SMILES string of the molecule is COC(=O)C1(NCc2ccccc2)CCCSC1C. The van der Waals surface area contributed by atoms with Crippen molar-refractivity contribution in [3.05, 3.63) is 35.9 Å². The lowest BCUT2D eigenvalue weighted by Gasteiger charge is -2.40. The third-order valence-corrected chi connectivity index (χ3v) is 5.20. The van der Waals surface area contributed by atoms with Crippen molar-refractivity contribution in [2.75, 3.05) is 12.9 Å². The number of carbonyl (C=O) groups is 1. The van der Waals surface area contributed by atoms with Crippen LogP contribution in [-0.4, -0.2) is 29.6 Å². The van der Waals surface area contributed by atoms with E-state index < -0.39 is 5.54 Å². The second kappa shape index (κ2) is 6.44. The van der Waals surface area contributed by atoms with Crippen molar-refractivity contribution in [3.8, 4) is 0 Å². The first-order valence-corrected chi connectivity index (χ1v) is 7.73. The first kappa shape index (κ1) is 14.4. The molecule has 2 unspecified atom stereocenters. The fourth-order valence-electron chi connectivity index (χ4n) is 2.57. The van der Waals surface area contributed by atoms with Crippen LogP contribution >= 0.6 is 11.8 Å². The molecule has 2 rings (SSSR count). The molecule has 1 saturated heterocycles. The molecule has 4 heteroatoms. The van der Waals surface area contributed by atoms with Crippen LogP contribution < -0.4 is 5.32 Å². The average Bonchev–Trinajstić information content (AvgIpc) is 2.47. The van der Waals surface area contributed by atoms with E-state index in [1.54, 1.807) is 0 Å². The molecule has 1 aromatic carbocycles. The van der Waals surface area contributed by atoms with Crippen LogP contribution in [-0.2, 0) is 16.1 Å². The molecule has 1 aliphatic rings. The van der Waals surface area contributed by atoms with E-state index >= 15 is 0 Å². The van der Waals surface area contributed by atoms with Crippen molar-refractivity contribution < 1.29 is 9.53 Å². The van der Waals surface area contributed by atoms with Gasteiger partial charge in [-0.15, -0.1) is 0 Å². The van der Waals surface area contributed by atoms with Gasteiger partial charge in [-0.2, -0.15) is 11.8 Å². The number of hydrogen-bond donors (Lipinski definition) is 1. The quantitative estimate of drug-likeness (QED) is 0.860. The summed E-state index contributed by atoms with van der Waals surface area (Å²) < 4.78 is 5.04. The van der Waals surface area contributed by atoms with Gasteiger partial charge in [0.2, 0.25) is 0 Å². The third-order valence-electron chi connectivity index (χ3n) is 3.78. The Kier molecular flexibility index (Phi) is 4.88. The normalized spacial score (nSPS) is 26.9. The topological polar surface area (TPSA) is 38.3 Å². The summed E-state index contributed by atoms with van der Waals surface area (Å²) in [4.78, 5) is 12.2. The molecule has 19 heavy (non-hydrogen) atoms. The van der Waals surface area contributed by atoms with E-state index in [9.17, 15) is 4.79 Å². The summed E-state index contributed by atoms with van der Waals surface area (Å²) in [6.07, 6.45) is 1.90. The van der Waals surface area contributed by atoms with Crippen molar-refractivity contribution in [2.45, 2.75) is 37.1 Å². The van der Waals surface area contributed by atoms with Crippen LogP contribution in [0.15, 0.2) is 30.3 Å². The van der Waals surface area contributed by atoms with Gasteiger partial charge in [0.25, 0.3) is 0 Å². The largest absolute Gasteiger partial charge is 0.468 e. The van der Waals surface area contributed by atoms with Crippen molar-refractivity contribution in [3.63, 3.8) is 0 Å². The van der Waals surface area contributed by atoms with Gasteiger partial charge in [-0.3, -0.25) is 10.1 Å². The summed E-state index contributed by atoms with van der Waals surface area (Å²) in [5.74, 6) is 0.982. The Morgan fingerprint density at radius 3 is 2.84 bits per heavy atom. The minimum atomic E-state index is -0.548. The molecular weight excluding hydrogens is 258 g/mol. The molecule has 0 spiro atoms. The highest BCUT2D eigenvalue weighted by Crippen LogP contribution is 2.35. The van der Waals surface area contributed by atoms with E-state index in [0.717, 1.165) is 18.6 Å². The summed E-state index contributed by atoms with van der Waals surface area (Å²) in [6, 6.07) is 10.2. The molecule has 1 heterocycles. The van der Waals surface area contributed by atoms with Crippen molar-refractivity contribution in [1.29, 1.82) is 0 Å². The lowest BCUT2D eigenvalue weighted by molar-refractivity contribution is -0.149. The van der Waals surface area contributed by atoms with Gasteiger partial charge >= 0.3 is 5.97 Å². The smallest absolute Gasteiger partial charge is 0.327 e. The van der Waals surface area contributed by atoms with Crippen LogP contribution in [0.25, 0.3) is 0 Å². The Labute approximate surface area is 119 Å². The van der Waals surface area contributed by atoms with Crippen LogP contribution in [0, 0.1) is 0 Å². The maximum absolute atomic E-state index is 12.2. The molecule has 2 atom stereocenters. The summed E-state index contributed by atoms with van der Waals surface area (Å²) in [5.41, 5.74) is 0.640. The fourth-order valence-corrected chi connectivity index (χ4v) is 3.81. The number of benzene rings is 1. The highest BCUT2D eigenvalue weighted by molar-refractivity contribution is 8.00. The van der Waals surface area contributed by atoms with Crippen LogP contribution in [0.2, 0.25) is 0 Å². The molecule has 0 saturated carbocycles. The Hall–Kier alpha value is -1.00. The number of hydrogen-bond acceptors (Lipinski definition) is 4. The number of esters is 1. The van der Waals surface area contributed by atoms with Crippen LogP contribution in [0.3, 0.4) is 0 Å². The molecule has 1 fully saturated rings. The highest BCUT2D eigenvalue weighted by atomic mass is 32.2. The molecule has 0 bridgehead atoms. The predicted molar refractivity (Wildman–Crippen MR) is 79.2 cm³/mol. The fraction of sp³-hybridized carbons (Fsp3) is 0.533. The van der Waals surface area contributed by atoms with Gasteiger partial charge in [-0.25, -0.2) is 0 Å². The number of carbonyl (C=O) groups excluding carboxylic acids is 1. The lowest BCUT2D eigenvalue weighted by atomic mass is 9.89. The summed E-state index contributed by atoms with van der Waals surface area (Å²) in [7, 11) is 1.47. The summed E-state index contributed by atoms with van der Waals surface area (Å²) in [5, 5.41) is 3.69. The van der Waals surface area contributed by atoms with Gasteiger partial charge in [0.15, 0.2) is 0 Å². The minimum Gasteiger partial charge on any atom is -0.468 e. The Morgan fingerprint density at radius 2 is 2.21 bits per heavy atom. The summed E-state index contributed by atoms with van der Waals surface area (Å²) >= 11 is 1.84. The molecule has 0 aromatic heterocycles. The van der Waals surface area contributed by atoms with Gasteiger partial charge in [0, 0.05) is 11.8 Å². The van der Waals surface area contributed by atoms with E-state index in [4.69, 9.17) is 4.74 Å². The maximum atomic E-state index is 12.2. The number of methoxy groups -OCH3 is 1. The zero-order chi connectivity index (χ0) is 13.7. The van der Waals surface area contributed by atoms with E-state index in [-0.39, 0.29) is 11.2 Å². The molecule has 1 aromatic rings. The lowest BCUT2D eigenvalue weighted by Crippen LogP contribution is -2.60. The highest BCUT2D eigenvalue weighted by Gasteiger charge is 2.46. The van der Waals surface area contributed by atoms with E-state index in [1.165, 1.54) is 12.7 Å². The van der Waals surface area contributed by atoms with Crippen molar-refractivity contribution in [2.24, 2.45) is 0 Å². The molecule has 0 radical (unpaired) electrons. The predicted octanol–water partition coefficient (Wildman–Crippen LogP) is 2.60. The van der Waals surface area contributed by atoms with Crippen molar-refractivity contribution >= 4 is 17.7 Å². The van der Waals surface area contributed by atoms with Crippen molar-refractivity contribution in [1.82, 2.24) is 5.32 Å². The molecular formula is C15H21NO2S. The van der Waals surface area contributed by atoms with Crippen LogP contribution in [0.5, 0.6) is 0 Å². The molecule has 1 aliphatic heterocycles. The Morgan fingerprint density at radius 1 is 1.47 bits per heavy atom. The Bertz CT molecular complexity index is 423. The number of thioether (sulfide) groups is 1. The zero-order valence-electron chi connectivity index (χ0n) is 11.5. The first-order valence-electron chi connectivity index (χ1n) is 6.68.